The van der Waals surface area contributed by atoms with E-state index in [-0.39, 0.29) is 35.7 Å². The Kier molecular flexibility index (Phi) is 27.0. The van der Waals surface area contributed by atoms with E-state index in [4.69, 9.17) is 14.3 Å². The summed E-state index contributed by atoms with van der Waals surface area (Å²) in [5.74, 6) is 0.126. The summed E-state index contributed by atoms with van der Waals surface area (Å²) in [6.07, 6.45) is 8.11. The van der Waals surface area contributed by atoms with Crippen molar-refractivity contribution in [2.24, 2.45) is 0 Å². The zero-order chi connectivity index (χ0) is 37.2. The van der Waals surface area contributed by atoms with Gasteiger partial charge < -0.3 is 28.6 Å². The summed E-state index contributed by atoms with van der Waals surface area (Å²) >= 11 is 0. The Morgan fingerprint density at radius 2 is 0.878 bits per heavy atom. The molecule has 0 aliphatic heterocycles. The first-order valence-corrected chi connectivity index (χ1v) is 19.6. The summed E-state index contributed by atoms with van der Waals surface area (Å²) in [5, 5.41) is 8.90. The van der Waals surface area contributed by atoms with Gasteiger partial charge in [0.25, 0.3) is 8.53 Å². The molecule has 0 spiro atoms. The molecule has 0 N–H and O–H groups in total. The highest BCUT2D eigenvalue weighted by molar-refractivity contribution is 7.44. The van der Waals surface area contributed by atoms with E-state index in [1.165, 1.54) is 0 Å². The predicted molar refractivity (Wildman–Crippen MR) is 197 cm³/mol. The molecule has 0 bridgehead atoms. The maximum absolute atomic E-state index is 12.4. The Morgan fingerprint density at radius 3 is 1.20 bits per heavy atom. The predicted octanol–water partition coefficient (Wildman–Crippen LogP) is 6.20. The van der Waals surface area contributed by atoms with Crippen molar-refractivity contribution in [3.63, 3.8) is 0 Å². The van der Waals surface area contributed by atoms with Gasteiger partial charge in [-0.05, 0) is 72.6 Å². The van der Waals surface area contributed by atoms with E-state index in [1.807, 2.05) is 19.6 Å². The molecule has 0 aliphatic carbocycles. The van der Waals surface area contributed by atoms with Gasteiger partial charge in [0.1, 0.15) is 0 Å². The third-order valence-electron chi connectivity index (χ3n) is 8.32. The van der Waals surface area contributed by atoms with Gasteiger partial charge in [0.2, 0.25) is 23.6 Å². The minimum atomic E-state index is -1.27. The Bertz CT molecular complexity index is 970. The van der Waals surface area contributed by atoms with E-state index in [0.29, 0.717) is 71.9 Å². The average Bonchev–Trinajstić information content (AvgIpc) is 3.01. The Balaban J connectivity index is 4.67. The fourth-order valence-corrected chi connectivity index (χ4v) is 7.26. The largest absolute Gasteiger partial charge is 0.343 e. The van der Waals surface area contributed by atoms with Crippen molar-refractivity contribution in [1.82, 2.24) is 24.3 Å². The van der Waals surface area contributed by atoms with Gasteiger partial charge in [-0.25, -0.2) is 4.67 Å². The van der Waals surface area contributed by atoms with Crippen LogP contribution in [-0.2, 0) is 28.2 Å². The van der Waals surface area contributed by atoms with Gasteiger partial charge in [-0.3, -0.25) is 19.2 Å². The molecule has 284 valence electrons. The van der Waals surface area contributed by atoms with Gasteiger partial charge in [0.15, 0.2) is 0 Å². The number of unbranched alkanes of at least 4 members (excludes halogenated alkanes) is 4. The lowest BCUT2D eigenvalue weighted by Gasteiger charge is -2.35. The fraction of sp³-hybridized carbons (Fsp3) is 0.861. The van der Waals surface area contributed by atoms with Crippen LogP contribution in [0.3, 0.4) is 0 Å². The molecule has 0 heterocycles. The zero-order valence-electron chi connectivity index (χ0n) is 32.4. The van der Waals surface area contributed by atoms with E-state index >= 15 is 0 Å². The Morgan fingerprint density at radius 1 is 0.551 bits per heavy atom. The van der Waals surface area contributed by atoms with Gasteiger partial charge in [-0.15, -0.1) is 0 Å². The van der Waals surface area contributed by atoms with E-state index in [9.17, 15) is 19.2 Å². The number of nitriles is 1. The number of carbonyl (C=O) groups excluding carboxylic acids is 4. The van der Waals surface area contributed by atoms with Crippen LogP contribution in [0.2, 0.25) is 0 Å². The molecule has 0 saturated carbocycles. The molecule has 13 heteroatoms. The van der Waals surface area contributed by atoms with Gasteiger partial charge in [-0.2, -0.15) is 5.26 Å². The summed E-state index contributed by atoms with van der Waals surface area (Å²) in [5.41, 5.74) is 0. The first-order valence-electron chi connectivity index (χ1n) is 18.5. The second kappa shape index (κ2) is 28.4. The third kappa shape index (κ3) is 22.2. The highest BCUT2D eigenvalue weighted by Crippen LogP contribution is 2.46. The van der Waals surface area contributed by atoms with Crippen molar-refractivity contribution in [1.29, 1.82) is 5.26 Å². The first kappa shape index (κ1) is 46.7. The topological polar surface area (TPSA) is 127 Å². The summed E-state index contributed by atoms with van der Waals surface area (Å²) in [7, 11) is -1.27. The molecule has 1 unspecified atom stereocenters. The van der Waals surface area contributed by atoms with E-state index in [0.717, 1.165) is 57.9 Å². The van der Waals surface area contributed by atoms with Crippen LogP contribution in [0.5, 0.6) is 0 Å². The van der Waals surface area contributed by atoms with E-state index in [1.54, 1.807) is 27.7 Å². The lowest BCUT2D eigenvalue weighted by molar-refractivity contribution is -0.131. The molecule has 0 aromatic rings. The minimum absolute atomic E-state index is 0.00710. The van der Waals surface area contributed by atoms with Crippen molar-refractivity contribution in [2.75, 3.05) is 65.6 Å². The maximum atomic E-state index is 12.4. The molecule has 49 heavy (non-hydrogen) atoms. The number of rotatable bonds is 29. The van der Waals surface area contributed by atoms with E-state index < -0.39 is 8.53 Å². The molecule has 0 rings (SSSR count). The minimum Gasteiger partial charge on any atom is -0.343 e. The zero-order valence-corrected chi connectivity index (χ0v) is 33.3. The third-order valence-corrected chi connectivity index (χ3v) is 10.4. The van der Waals surface area contributed by atoms with Crippen LogP contribution in [0.1, 0.15) is 127 Å². The number of nitrogens with zero attached hydrogens (tertiary/aromatic N) is 6. The quantitative estimate of drug-likeness (QED) is 0.0663. The van der Waals surface area contributed by atoms with Crippen molar-refractivity contribution < 1.29 is 28.2 Å². The van der Waals surface area contributed by atoms with Crippen LogP contribution in [0.25, 0.3) is 0 Å². The average molecular weight is 713 g/mol. The van der Waals surface area contributed by atoms with Gasteiger partial charge >= 0.3 is 0 Å². The van der Waals surface area contributed by atoms with Crippen molar-refractivity contribution in [3.05, 3.63) is 0 Å². The Hall–Kier alpha value is -2.32. The van der Waals surface area contributed by atoms with Gasteiger partial charge in [0, 0.05) is 92.1 Å². The Labute approximate surface area is 299 Å². The SMILES string of the molecule is CCCCCN(CCCN(CCCCN(CCCN(CCCCOP(OCCC#N)N(C(C)C)C(C)C)C(C)=O)C(C)=O)C(C)=O)C(C)=O. The summed E-state index contributed by atoms with van der Waals surface area (Å²) in [6.45, 7) is 22.8. The van der Waals surface area contributed by atoms with Crippen LogP contribution in [-0.4, -0.2) is 126 Å². The van der Waals surface area contributed by atoms with Crippen LogP contribution in [0.4, 0.5) is 0 Å². The lowest BCUT2D eigenvalue weighted by atomic mass is 10.2. The molecule has 0 aromatic carbocycles. The molecule has 0 aliphatic rings. The second-order valence-corrected chi connectivity index (χ2v) is 14.7. The van der Waals surface area contributed by atoms with Crippen molar-refractivity contribution in [3.8, 4) is 6.07 Å². The van der Waals surface area contributed by atoms with Crippen molar-refractivity contribution >= 4 is 32.2 Å². The highest BCUT2D eigenvalue weighted by Gasteiger charge is 2.27. The molecule has 0 radical (unpaired) electrons. The monoisotopic (exact) mass is 713 g/mol. The summed E-state index contributed by atoms with van der Waals surface area (Å²) in [4.78, 5) is 56.3. The molecule has 1 atom stereocenters. The molecule has 0 fully saturated rings. The standard InChI is InChI=1S/C36H69N6O6P/c1-10-11-12-21-38(33(6)43)25-18-26-39(34(7)44)22-13-14-23-40(35(8)45)27-19-28-41(36(9)46)24-15-16-29-47-49(48-30-17-20-37)42(31(2)3)32(4)5/h31-32H,10-19,21-30H2,1-9H3. The molecule has 12 nitrogen and oxygen atoms in total. The molecule has 4 amide bonds. The summed E-state index contributed by atoms with van der Waals surface area (Å²) < 4.78 is 14.3. The second-order valence-electron chi connectivity index (χ2n) is 13.2. The lowest BCUT2D eigenvalue weighted by Crippen LogP contribution is -2.37. The fourth-order valence-electron chi connectivity index (χ4n) is 5.63. The van der Waals surface area contributed by atoms with Crippen LogP contribution in [0.15, 0.2) is 0 Å². The number of hydrogen-bond donors (Lipinski definition) is 0. The van der Waals surface area contributed by atoms with Crippen LogP contribution < -0.4 is 0 Å². The smallest absolute Gasteiger partial charge is 0.259 e. The summed E-state index contributed by atoms with van der Waals surface area (Å²) in [6, 6.07) is 2.60. The number of carbonyl (C=O) groups is 4. The van der Waals surface area contributed by atoms with E-state index in [2.05, 4.69) is 45.4 Å². The van der Waals surface area contributed by atoms with Gasteiger partial charge in [-0.1, -0.05) is 19.8 Å². The number of amides is 4. The van der Waals surface area contributed by atoms with Crippen LogP contribution >= 0.6 is 8.53 Å². The normalized spacial score (nSPS) is 11.9. The molecular weight excluding hydrogens is 643 g/mol. The maximum Gasteiger partial charge on any atom is 0.259 e. The van der Waals surface area contributed by atoms with Gasteiger partial charge in [0.05, 0.1) is 25.7 Å². The highest BCUT2D eigenvalue weighted by atomic mass is 31.2. The van der Waals surface area contributed by atoms with Crippen LogP contribution in [0, 0.1) is 11.3 Å². The number of hydrogen-bond acceptors (Lipinski definition) is 8. The van der Waals surface area contributed by atoms with Crippen molar-refractivity contribution in [2.45, 2.75) is 139 Å². The molecule has 0 aromatic heterocycles. The molecular formula is C36H69N6O6P. The molecule has 0 saturated heterocycles. The first-order chi connectivity index (χ1) is 23.3.